The molecule has 1 atom stereocenters. The van der Waals surface area contributed by atoms with Gasteiger partial charge in [-0.25, -0.2) is 0 Å². The normalized spacial score (nSPS) is 13.8. The monoisotopic (exact) mass is 286 g/mol. The maximum absolute atomic E-state index is 5.86. The summed E-state index contributed by atoms with van der Waals surface area (Å²) in [4.78, 5) is 0. The van der Waals surface area contributed by atoms with Gasteiger partial charge in [0.25, 0.3) is 0 Å². The van der Waals surface area contributed by atoms with Crippen molar-refractivity contribution in [3.63, 3.8) is 0 Å². The van der Waals surface area contributed by atoms with E-state index < -0.39 is 0 Å². The second kappa shape index (κ2) is 6.38. The van der Waals surface area contributed by atoms with Crippen LogP contribution in [0.2, 0.25) is 0 Å². The molecular weight excluding hydrogens is 268 g/mol. The Morgan fingerprint density at radius 2 is 1.88 bits per heavy atom. The Labute approximate surface area is 106 Å². The molecule has 1 aromatic carbocycles. The molecule has 0 spiro atoms. The number of benzene rings is 1. The van der Waals surface area contributed by atoms with Gasteiger partial charge in [-0.2, -0.15) is 0 Å². The van der Waals surface area contributed by atoms with E-state index in [1.54, 1.807) is 7.11 Å². The zero-order valence-electron chi connectivity index (χ0n) is 10.1. The predicted molar refractivity (Wildman–Crippen MR) is 70.0 cm³/mol. The molecule has 0 aliphatic carbocycles. The molecule has 1 aromatic rings. The first kappa shape index (κ1) is 13.7. The average molecular weight is 287 g/mol. The fourth-order valence-corrected chi connectivity index (χ4v) is 1.82. The molecule has 2 nitrogen and oxygen atoms in total. The van der Waals surface area contributed by atoms with E-state index in [0.717, 1.165) is 5.33 Å². The van der Waals surface area contributed by atoms with E-state index in [1.165, 1.54) is 5.56 Å². The maximum atomic E-state index is 5.86. The third kappa shape index (κ3) is 4.24. The topological polar surface area (TPSA) is 18.5 Å². The molecule has 0 bridgehead atoms. The van der Waals surface area contributed by atoms with E-state index in [2.05, 4.69) is 28.1 Å². The van der Waals surface area contributed by atoms with Crippen molar-refractivity contribution in [1.82, 2.24) is 0 Å². The van der Waals surface area contributed by atoms with Gasteiger partial charge in [0, 0.05) is 12.4 Å². The van der Waals surface area contributed by atoms with Crippen LogP contribution in [0.4, 0.5) is 0 Å². The molecule has 0 aliphatic rings. The molecule has 3 heteroatoms. The van der Waals surface area contributed by atoms with E-state index in [9.17, 15) is 0 Å². The van der Waals surface area contributed by atoms with Crippen molar-refractivity contribution in [3.05, 3.63) is 35.9 Å². The Hall–Kier alpha value is -0.380. The third-order valence-electron chi connectivity index (χ3n) is 2.50. The summed E-state index contributed by atoms with van der Waals surface area (Å²) in [6.45, 7) is 4.61. The van der Waals surface area contributed by atoms with Crippen molar-refractivity contribution in [2.45, 2.75) is 25.6 Å². The lowest BCUT2D eigenvalue weighted by Crippen LogP contribution is -2.30. The molecule has 0 radical (unpaired) electrons. The molecule has 0 N–H and O–H groups in total. The minimum Gasteiger partial charge on any atom is -0.376 e. The number of hydrogen-bond donors (Lipinski definition) is 0. The van der Waals surface area contributed by atoms with Gasteiger partial charge in [0.1, 0.15) is 0 Å². The number of methoxy groups -OCH3 is 1. The van der Waals surface area contributed by atoms with Crippen LogP contribution >= 0.6 is 15.9 Å². The lowest BCUT2D eigenvalue weighted by Gasteiger charge is -2.26. The highest BCUT2D eigenvalue weighted by molar-refractivity contribution is 9.09. The molecule has 1 unspecified atom stereocenters. The molecule has 90 valence electrons. The van der Waals surface area contributed by atoms with Gasteiger partial charge in [-0.3, -0.25) is 0 Å². The molecule has 0 heterocycles. The van der Waals surface area contributed by atoms with Crippen LogP contribution in [0, 0.1) is 0 Å². The van der Waals surface area contributed by atoms with E-state index >= 15 is 0 Å². The number of hydrogen-bond acceptors (Lipinski definition) is 2. The van der Waals surface area contributed by atoms with Crippen molar-refractivity contribution in [3.8, 4) is 0 Å². The van der Waals surface area contributed by atoms with E-state index in [1.807, 2.05) is 32.0 Å². The van der Waals surface area contributed by atoms with Crippen LogP contribution < -0.4 is 0 Å². The van der Waals surface area contributed by atoms with Crippen molar-refractivity contribution < 1.29 is 9.47 Å². The summed E-state index contributed by atoms with van der Waals surface area (Å²) in [6.07, 6.45) is 0.0793. The van der Waals surface area contributed by atoms with Gasteiger partial charge in [-0.1, -0.05) is 46.3 Å². The zero-order valence-corrected chi connectivity index (χ0v) is 11.7. The first-order chi connectivity index (χ1) is 7.59. The summed E-state index contributed by atoms with van der Waals surface area (Å²) >= 11 is 3.48. The molecule has 0 saturated heterocycles. The van der Waals surface area contributed by atoms with Crippen LogP contribution in [0.15, 0.2) is 30.3 Å². The number of ether oxygens (including phenoxy) is 2. The fourth-order valence-electron chi connectivity index (χ4n) is 1.26. The molecule has 1 rings (SSSR count). The summed E-state index contributed by atoms with van der Waals surface area (Å²) in [5.74, 6) is 0. The maximum Gasteiger partial charge on any atom is 0.0923 e. The Morgan fingerprint density at radius 3 is 2.38 bits per heavy atom. The van der Waals surface area contributed by atoms with Gasteiger partial charge in [0.15, 0.2) is 0 Å². The summed E-state index contributed by atoms with van der Waals surface area (Å²) in [7, 11) is 1.70. The summed E-state index contributed by atoms with van der Waals surface area (Å²) < 4.78 is 11.2. The van der Waals surface area contributed by atoms with Crippen LogP contribution in [0.5, 0.6) is 0 Å². The van der Waals surface area contributed by atoms with E-state index in [-0.39, 0.29) is 11.7 Å². The Morgan fingerprint density at radius 1 is 1.25 bits per heavy atom. The van der Waals surface area contributed by atoms with Gasteiger partial charge in [-0.05, 0) is 19.4 Å². The highest BCUT2D eigenvalue weighted by Crippen LogP contribution is 2.21. The minimum atomic E-state index is -0.241. The smallest absolute Gasteiger partial charge is 0.0923 e. The van der Waals surface area contributed by atoms with Crippen LogP contribution in [0.3, 0.4) is 0 Å². The Balaban J connectivity index is 2.57. The second-order valence-corrected chi connectivity index (χ2v) is 4.98. The van der Waals surface area contributed by atoms with E-state index in [4.69, 9.17) is 9.47 Å². The van der Waals surface area contributed by atoms with Crippen LogP contribution in [-0.4, -0.2) is 24.6 Å². The van der Waals surface area contributed by atoms with Gasteiger partial charge < -0.3 is 9.47 Å². The van der Waals surface area contributed by atoms with E-state index in [0.29, 0.717) is 6.61 Å². The number of alkyl halides is 1. The summed E-state index contributed by atoms with van der Waals surface area (Å²) in [5, 5.41) is 0.788. The first-order valence-corrected chi connectivity index (χ1v) is 6.49. The van der Waals surface area contributed by atoms with Crippen molar-refractivity contribution >= 4 is 15.9 Å². The van der Waals surface area contributed by atoms with Crippen LogP contribution in [0.1, 0.15) is 25.5 Å². The van der Waals surface area contributed by atoms with Crippen LogP contribution in [0.25, 0.3) is 0 Å². The lowest BCUT2D eigenvalue weighted by atomic mass is 10.1. The van der Waals surface area contributed by atoms with Crippen molar-refractivity contribution in [2.75, 3.05) is 19.0 Å². The van der Waals surface area contributed by atoms with Gasteiger partial charge in [-0.15, -0.1) is 0 Å². The van der Waals surface area contributed by atoms with Gasteiger partial charge in [0.2, 0.25) is 0 Å². The summed E-state index contributed by atoms with van der Waals surface area (Å²) in [6, 6.07) is 10.2. The fraction of sp³-hybridized carbons (Fsp3) is 0.538. The largest absolute Gasteiger partial charge is 0.376 e. The molecular formula is C13H19BrO2. The minimum absolute atomic E-state index is 0.0793. The highest BCUT2D eigenvalue weighted by Gasteiger charge is 2.20. The molecule has 16 heavy (non-hydrogen) atoms. The highest BCUT2D eigenvalue weighted by atomic mass is 79.9. The third-order valence-corrected chi connectivity index (χ3v) is 3.08. The van der Waals surface area contributed by atoms with Crippen LogP contribution in [-0.2, 0) is 9.47 Å². The molecule has 0 aromatic heterocycles. The SMILES string of the molecule is COC(C)(C)COC(CBr)c1ccccc1. The molecule has 0 aliphatic heterocycles. The van der Waals surface area contributed by atoms with Gasteiger partial charge in [0.05, 0.1) is 18.3 Å². The van der Waals surface area contributed by atoms with Gasteiger partial charge >= 0.3 is 0 Å². The number of halogens is 1. The standard InChI is InChI=1S/C13H19BrO2/c1-13(2,15-3)10-16-12(9-14)11-7-5-4-6-8-11/h4-8,12H,9-10H2,1-3H3. The molecule has 0 amide bonds. The first-order valence-electron chi connectivity index (χ1n) is 5.37. The lowest BCUT2D eigenvalue weighted by molar-refractivity contribution is -0.0706. The molecule has 0 saturated carbocycles. The van der Waals surface area contributed by atoms with Crippen molar-refractivity contribution in [1.29, 1.82) is 0 Å². The average Bonchev–Trinajstić information content (AvgIpc) is 2.31. The predicted octanol–water partition coefficient (Wildman–Crippen LogP) is 3.56. The molecule has 0 fully saturated rings. The quantitative estimate of drug-likeness (QED) is 0.745. The Kier molecular flexibility index (Phi) is 5.46. The Bertz CT molecular complexity index is 298. The van der Waals surface area contributed by atoms with Crippen molar-refractivity contribution in [2.24, 2.45) is 0 Å². The number of rotatable bonds is 6. The zero-order chi connectivity index (χ0) is 12.0. The second-order valence-electron chi connectivity index (χ2n) is 4.33. The summed E-state index contributed by atoms with van der Waals surface area (Å²) in [5.41, 5.74) is 0.945.